The van der Waals surface area contributed by atoms with Crippen molar-refractivity contribution in [3.8, 4) is 0 Å². The maximum absolute atomic E-state index is 2.51. The predicted molar refractivity (Wildman–Crippen MR) is 87.7 cm³/mol. The maximum Gasteiger partial charge on any atom is 0.00639 e. The Balaban J connectivity index is 3.53. The minimum Gasteiger partial charge on any atom is -0.306 e. The Hall–Kier alpha value is -0.0800. The topological polar surface area (TPSA) is 6.48 Å². The molecule has 0 amide bonds. The van der Waals surface area contributed by atoms with Gasteiger partial charge in [-0.2, -0.15) is 0 Å². The fourth-order valence-electron chi connectivity index (χ4n) is 2.69. The lowest BCUT2D eigenvalue weighted by Crippen LogP contribution is -2.32. The van der Waals surface area contributed by atoms with Crippen LogP contribution in [-0.4, -0.2) is 49.6 Å². The molecule has 0 aliphatic heterocycles. The summed E-state index contributed by atoms with van der Waals surface area (Å²) >= 11 is 0. The zero-order valence-corrected chi connectivity index (χ0v) is 14.6. The van der Waals surface area contributed by atoms with Crippen molar-refractivity contribution in [2.24, 2.45) is 11.8 Å². The van der Waals surface area contributed by atoms with Crippen LogP contribution in [0.25, 0.3) is 0 Å². The van der Waals surface area contributed by atoms with Gasteiger partial charge in [-0.25, -0.2) is 0 Å². The molecule has 0 spiro atoms. The summed E-state index contributed by atoms with van der Waals surface area (Å²) in [4.78, 5) is 4.98. The van der Waals surface area contributed by atoms with Gasteiger partial charge in [-0.15, -0.1) is 0 Å². The summed E-state index contributed by atoms with van der Waals surface area (Å²) in [6.45, 7) is 15.3. The van der Waals surface area contributed by atoms with Gasteiger partial charge < -0.3 is 9.80 Å². The summed E-state index contributed by atoms with van der Waals surface area (Å²) in [6.07, 6.45) is 5.45. The molecular weight excluding hydrogens is 232 g/mol. The first-order chi connectivity index (χ1) is 8.82. The quantitative estimate of drug-likeness (QED) is 0.521. The van der Waals surface area contributed by atoms with Crippen LogP contribution in [0.15, 0.2) is 0 Å². The first kappa shape index (κ1) is 18.9. The Kier molecular flexibility index (Phi) is 10.6. The minimum absolute atomic E-state index is 0.732. The van der Waals surface area contributed by atoms with Crippen molar-refractivity contribution >= 4 is 0 Å². The zero-order chi connectivity index (χ0) is 14.8. The normalized spacial score (nSPS) is 14.1. The van der Waals surface area contributed by atoms with Gasteiger partial charge in [0.15, 0.2) is 0 Å². The zero-order valence-electron chi connectivity index (χ0n) is 14.6. The van der Waals surface area contributed by atoms with Crippen molar-refractivity contribution < 1.29 is 0 Å². The molecule has 0 heterocycles. The van der Waals surface area contributed by atoms with Gasteiger partial charge in [-0.05, 0) is 52.2 Å². The molecule has 2 heteroatoms. The minimum atomic E-state index is 0.732. The van der Waals surface area contributed by atoms with E-state index in [2.05, 4.69) is 58.5 Å². The molecule has 1 atom stereocenters. The number of rotatable bonds is 11. The maximum atomic E-state index is 2.51. The molecule has 0 saturated carbocycles. The van der Waals surface area contributed by atoms with E-state index in [4.69, 9.17) is 0 Å². The van der Waals surface area contributed by atoms with E-state index >= 15 is 0 Å². The van der Waals surface area contributed by atoms with Gasteiger partial charge in [0.25, 0.3) is 0 Å². The van der Waals surface area contributed by atoms with Crippen LogP contribution in [-0.2, 0) is 0 Å². The molecule has 116 valence electrons. The molecule has 1 unspecified atom stereocenters. The first-order valence-corrected chi connectivity index (χ1v) is 8.21. The monoisotopic (exact) mass is 270 g/mol. The Labute approximate surface area is 122 Å². The Morgan fingerprint density at radius 3 is 1.84 bits per heavy atom. The summed E-state index contributed by atoms with van der Waals surface area (Å²) in [6, 6.07) is 0.732. The smallest absolute Gasteiger partial charge is 0.00639 e. The van der Waals surface area contributed by atoms with Gasteiger partial charge in [-0.3, -0.25) is 0 Å². The average Bonchev–Trinajstić information content (AvgIpc) is 2.26. The largest absolute Gasteiger partial charge is 0.306 e. The van der Waals surface area contributed by atoms with Gasteiger partial charge in [-0.1, -0.05) is 40.5 Å². The van der Waals surface area contributed by atoms with E-state index in [1.54, 1.807) is 0 Å². The predicted octanol–water partition coefficient (Wildman–Crippen LogP) is 4.11. The molecule has 0 saturated heterocycles. The van der Waals surface area contributed by atoms with Gasteiger partial charge in [0.05, 0.1) is 0 Å². The Morgan fingerprint density at radius 1 is 0.737 bits per heavy atom. The van der Waals surface area contributed by atoms with Crippen LogP contribution in [0.4, 0.5) is 0 Å². The molecule has 19 heavy (non-hydrogen) atoms. The summed E-state index contributed by atoms with van der Waals surface area (Å²) < 4.78 is 0. The van der Waals surface area contributed by atoms with Crippen LogP contribution in [0.3, 0.4) is 0 Å². The van der Waals surface area contributed by atoms with E-state index in [0.29, 0.717) is 0 Å². The van der Waals surface area contributed by atoms with Crippen LogP contribution in [0.1, 0.15) is 60.3 Å². The van der Waals surface area contributed by atoms with E-state index in [1.165, 1.54) is 45.3 Å². The van der Waals surface area contributed by atoms with Gasteiger partial charge in [0.1, 0.15) is 0 Å². The lowest BCUT2D eigenvalue weighted by atomic mass is 10.1. The van der Waals surface area contributed by atoms with E-state index in [9.17, 15) is 0 Å². The second kappa shape index (κ2) is 10.7. The first-order valence-electron chi connectivity index (χ1n) is 8.21. The highest BCUT2D eigenvalue weighted by Gasteiger charge is 2.10. The average molecular weight is 271 g/mol. The van der Waals surface area contributed by atoms with Gasteiger partial charge in [0.2, 0.25) is 0 Å². The molecular formula is C17H38N2. The van der Waals surface area contributed by atoms with Crippen LogP contribution in [0.2, 0.25) is 0 Å². The summed E-state index contributed by atoms with van der Waals surface area (Å²) in [5.41, 5.74) is 0. The van der Waals surface area contributed by atoms with E-state index in [1.807, 2.05) is 0 Å². The highest BCUT2D eigenvalue weighted by molar-refractivity contribution is 4.65. The molecule has 0 aromatic rings. The van der Waals surface area contributed by atoms with Crippen molar-refractivity contribution in [2.45, 2.75) is 66.3 Å². The molecule has 0 fully saturated rings. The van der Waals surface area contributed by atoms with Crippen molar-refractivity contribution in [1.29, 1.82) is 0 Å². The molecule has 0 bridgehead atoms. The third-order valence-electron chi connectivity index (χ3n) is 3.74. The van der Waals surface area contributed by atoms with Crippen LogP contribution < -0.4 is 0 Å². The molecule has 0 N–H and O–H groups in total. The molecule has 0 aromatic heterocycles. The molecule has 0 aliphatic rings. The third-order valence-corrected chi connectivity index (χ3v) is 3.74. The molecule has 0 radical (unpaired) electrons. The highest BCUT2D eigenvalue weighted by atomic mass is 15.1. The van der Waals surface area contributed by atoms with Gasteiger partial charge in [0, 0.05) is 19.1 Å². The summed E-state index contributed by atoms with van der Waals surface area (Å²) in [5.74, 6) is 1.56. The Bertz CT molecular complexity index is 201. The number of nitrogens with zero attached hydrogens (tertiary/aromatic N) is 2. The van der Waals surface area contributed by atoms with Crippen LogP contribution in [0, 0.1) is 11.8 Å². The molecule has 0 rings (SSSR count). The molecule has 0 aromatic carbocycles. The van der Waals surface area contributed by atoms with E-state index < -0.39 is 0 Å². The van der Waals surface area contributed by atoms with Crippen molar-refractivity contribution in [2.75, 3.05) is 33.7 Å². The van der Waals surface area contributed by atoms with Crippen LogP contribution in [0.5, 0.6) is 0 Å². The molecule has 0 aliphatic carbocycles. The second-order valence-electron chi connectivity index (χ2n) is 7.19. The SMILES string of the molecule is CC(C)CN(C)CCCCCC(C)N(C)CC(C)C. The number of hydrogen-bond acceptors (Lipinski definition) is 2. The third kappa shape index (κ3) is 11.4. The highest BCUT2D eigenvalue weighted by Crippen LogP contribution is 2.10. The standard InChI is InChI=1S/C17H38N2/c1-15(2)13-18(6)12-10-8-9-11-17(5)19(7)14-16(3)4/h15-17H,8-14H2,1-7H3. The lowest BCUT2D eigenvalue weighted by Gasteiger charge is -2.26. The van der Waals surface area contributed by atoms with E-state index in [-0.39, 0.29) is 0 Å². The van der Waals surface area contributed by atoms with Crippen molar-refractivity contribution in [3.63, 3.8) is 0 Å². The van der Waals surface area contributed by atoms with E-state index in [0.717, 1.165) is 17.9 Å². The molecule has 2 nitrogen and oxygen atoms in total. The van der Waals surface area contributed by atoms with Crippen LogP contribution >= 0.6 is 0 Å². The summed E-state index contributed by atoms with van der Waals surface area (Å²) in [5, 5.41) is 0. The Morgan fingerprint density at radius 2 is 1.32 bits per heavy atom. The fourth-order valence-corrected chi connectivity index (χ4v) is 2.69. The lowest BCUT2D eigenvalue weighted by molar-refractivity contribution is 0.215. The fraction of sp³-hybridized carbons (Fsp3) is 1.00. The second-order valence-corrected chi connectivity index (χ2v) is 7.19. The number of hydrogen-bond donors (Lipinski definition) is 0. The van der Waals surface area contributed by atoms with Gasteiger partial charge >= 0.3 is 0 Å². The summed E-state index contributed by atoms with van der Waals surface area (Å²) in [7, 11) is 4.51. The number of unbranched alkanes of at least 4 members (excludes halogenated alkanes) is 2. The van der Waals surface area contributed by atoms with Crippen molar-refractivity contribution in [1.82, 2.24) is 9.80 Å². The van der Waals surface area contributed by atoms with Crippen molar-refractivity contribution in [3.05, 3.63) is 0 Å².